The summed E-state index contributed by atoms with van der Waals surface area (Å²) in [6.45, 7) is 10.4. The molecule has 0 atom stereocenters. The highest BCUT2D eigenvalue weighted by Crippen LogP contribution is 2.23. The largest absolute Gasteiger partial charge is 0.330 e. The number of nitrogens with one attached hydrogen (secondary N) is 1. The van der Waals surface area contributed by atoms with E-state index in [0.717, 1.165) is 5.69 Å². The Morgan fingerprint density at radius 2 is 1.88 bits per heavy atom. The molecule has 0 saturated heterocycles. The van der Waals surface area contributed by atoms with Gasteiger partial charge in [0, 0.05) is 43.3 Å². The summed E-state index contributed by atoms with van der Waals surface area (Å²) in [5.74, 6) is 0.112. The lowest BCUT2D eigenvalue weighted by Gasteiger charge is -2.22. The van der Waals surface area contributed by atoms with E-state index in [1.807, 2.05) is 40.7 Å². The highest BCUT2D eigenvalue weighted by atomic mass is 16.6. The average molecular weight is 442 g/mol. The molecular formula is C23H31N5O4. The molecule has 0 fully saturated rings. The van der Waals surface area contributed by atoms with Crippen molar-refractivity contribution < 1.29 is 14.5 Å². The molecule has 0 saturated carbocycles. The molecule has 9 heteroatoms. The van der Waals surface area contributed by atoms with Crippen LogP contribution in [0, 0.1) is 16.0 Å². The summed E-state index contributed by atoms with van der Waals surface area (Å²) >= 11 is 0. The number of rotatable bonds is 8. The van der Waals surface area contributed by atoms with Gasteiger partial charge in [-0.05, 0) is 29.7 Å². The summed E-state index contributed by atoms with van der Waals surface area (Å²) in [7, 11) is 1.76. The number of amides is 2. The molecule has 0 aliphatic rings. The Kier molecular flexibility index (Phi) is 7.91. The number of carbonyl (C=O) groups excluding carboxylic acids is 2. The molecular weight excluding hydrogens is 410 g/mol. The zero-order valence-electron chi connectivity index (χ0n) is 19.5. The molecule has 172 valence electrons. The fraction of sp³-hybridized carbons (Fsp3) is 0.435. The van der Waals surface area contributed by atoms with Gasteiger partial charge in [0.05, 0.1) is 10.6 Å². The number of aromatic nitrogens is 2. The number of carbonyl (C=O) groups is 2. The van der Waals surface area contributed by atoms with Crippen LogP contribution in [-0.4, -0.2) is 44.5 Å². The summed E-state index contributed by atoms with van der Waals surface area (Å²) in [5, 5.41) is 18.0. The Hall–Kier alpha value is -3.49. The summed E-state index contributed by atoms with van der Waals surface area (Å²) in [4.78, 5) is 37.2. The van der Waals surface area contributed by atoms with E-state index in [1.165, 1.54) is 23.1 Å². The number of non-ortho nitro benzene ring substituents is 1. The number of aryl methyl sites for hydroxylation is 1. The second-order valence-corrected chi connectivity index (χ2v) is 9.13. The zero-order valence-corrected chi connectivity index (χ0v) is 19.5. The minimum Gasteiger partial charge on any atom is -0.330 e. The van der Waals surface area contributed by atoms with Gasteiger partial charge >= 0.3 is 0 Å². The predicted molar refractivity (Wildman–Crippen MR) is 124 cm³/mol. The van der Waals surface area contributed by atoms with E-state index in [9.17, 15) is 19.7 Å². The Labute approximate surface area is 188 Å². The minimum absolute atomic E-state index is 0.0173. The predicted octanol–water partition coefficient (Wildman–Crippen LogP) is 3.76. The van der Waals surface area contributed by atoms with Gasteiger partial charge in [-0.3, -0.25) is 24.4 Å². The van der Waals surface area contributed by atoms with E-state index < -0.39 is 4.92 Å². The van der Waals surface area contributed by atoms with E-state index in [2.05, 4.69) is 10.4 Å². The van der Waals surface area contributed by atoms with Crippen LogP contribution in [0.3, 0.4) is 0 Å². The SMILES string of the molecule is CC(C)CN(CC(=O)Nc1cc(C(C)(C)C)nn1C)C(=O)C=Cc1ccc([N+](=O)[O-])cc1. The topological polar surface area (TPSA) is 110 Å². The Morgan fingerprint density at radius 1 is 1.25 bits per heavy atom. The van der Waals surface area contributed by atoms with Gasteiger partial charge in [0.1, 0.15) is 12.4 Å². The second kappa shape index (κ2) is 10.2. The normalized spacial score (nSPS) is 11.7. The van der Waals surface area contributed by atoms with Crippen molar-refractivity contribution >= 4 is 29.4 Å². The number of nitro groups is 1. The number of anilines is 1. The van der Waals surface area contributed by atoms with Crippen LogP contribution in [0.2, 0.25) is 0 Å². The fourth-order valence-electron chi connectivity index (χ4n) is 2.96. The van der Waals surface area contributed by atoms with E-state index >= 15 is 0 Å². The Bertz CT molecular complexity index is 1000. The summed E-state index contributed by atoms with van der Waals surface area (Å²) in [5.41, 5.74) is 1.35. The van der Waals surface area contributed by atoms with Gasteiger partial charge < -0.3 is 10.2 Å². The molecule has 1 heterocycles. The molecule has 2 aromatic rings. The van der Waals surface area contributed by atoms with Crippen molar-refractivity contribution in [3.05, 3.63) is 57.8 Å². The van der Waals surface area contributed by atoms with Crippen LogP contribution in [0.5, 0.6) is 0 Å². The van der Waals surface area contributed by atoms with Gasteiger partial charge in [0.15, 0.2) is 0 Å². The first kappa shape index (κ1) is 24.8. The second-order valence-electron chi connectivity index (χ2n) is 9.13. The molecule has 0 unspecified atom stereocenters. The van der Waals surface area contributed by atoms with Crippen LogP contribution in [-0.2, 0) is 22.1 Å². The van der Waals surface area contributed by atoms with Crippen molar-refractivity contribution in [1.29, 1.82) is 0 Å². The maximum atomic E-state index is 12.8. The lowest BCUT2D eigenvalue weighted by molar-refractivity contribution is -0.384. The lowest BCUT2D eigenvalue weighted by Crippen LogP contribution is -2.39. The van der Waals surface area contributed by atoms with Crippen molar-refractivity contribution in [2.75, 3.05) is 18.4 Å². The molecule has 0 spiro atoms. The van der Waals surface area contributed by atoms with E-state index in [0.29, 0.717) is 17.9 Å². The molecule has 1 aromatic heterocycles. The summed E-state index contributed by atoms with van der Waals surface area (Å²) in [6.07, 6.45) is 2.95. The van der Waals surface area contributed by atoms with Crippen molar-refractivity contribution in [1.82, 2.24) is 14.7 Å². The van der Waals surface area contributed by atoms with Crippen molar-refractivity contribution in [2.24, 2.45) is 13.0 Å². The number of hydrogen-bond acceptors (Lipinski definition) is 5. The lowest BCUT2D eigenvalue weighted by atomic mass is 9.92. The maximum absolute atomic E-state index is 12.8. The van der Waals surface area contributed by atoms with Crippen molar-refractivity contribution in [3.63, 3.8) is 0 Å². The molecule has 1 N–H and O–H groups in total. The highest BCUT2D eigenvalue weighted by Gasteiger charge is 2.21. The van der Waals surface area contributed by atoms with Gasteiger partial charge in [-0.15, -0.1) is 0 Å². The number of nitro benzene ring substituents is 1. The van der Waals surface area contributed by atoms with Crippen LogP contribution >= 0.6 is 0 Å². The molecule has 0 bridgehead atoms. The van der Waals surface area contributed by atoms with Crippen LogP contribution in [0.25, 0.3) is 6.08 Å². The van der Waals surface area contributed by atoms with Crippen LogP contribution in [0.4, 0.5) is 11.5 Å². The summed E-state index contributed by atoms with van der Waals surface area (Å²) in [6, 6.07) is 7.72. The smallest absolute Gasteiger partial charge is 0.269 e. The van der Waals surface area contributed by atoms with Gasteiger partial charge in [-0.1, -0.05) is 34.6 Å². The van der Waals surface area contributed by atoms with E-state index in [1.54, 1.807) is 29.9 Å². The third-order valence-corrected chi connectivity index (χ3v) is 4.67. The highest BCUT2D eigenvalue weighted by molar-refractivity contribution is 5.97. The van der Waals surface area contributed by atoms with Gasteiger partial charge in [-0.2, -0.15) is 5.10 Å². The number of benzene rings is 1. The monoisotopic (exact) mass is 441 g/mol. The molecule has 1 aromatic carbocycles. The van der Waals surface area contributed by atoms with Crippen molar-refractivity contribution in [3.8, 4) is 0 Å². The fourth-order valence-corrected chi connectivity index (χ4v) is 2.96. The van der Waals surface area contributed by atoms with Gasteiger partial charge in [0.25, 0.3) is 5.69 Å². The first-order chi connectivity index (χ1) is 14.9. The number of nitrogens with zero attached hydrogens (tertiary/aromatic N) is 4. The molecule has 9 nitrogen and oxygen atoms in total. The first-order valence-electron chi connectivity index (χ1n) is 10.4. The van der Waals surface area contributed by atoms with Gasteiger partial charge in [-0.25, -0.2) is 0 Å². The Morgan fingerprint density at radius 3 is 2.38 bits per heavy atom. The standard InChI is InChI=1S/C23H31N5O4/c1-16(2)14-27(22(30)12-9-17-7-10-18(11-8-17)28(31)32)15-21(29)24-20-13-19(23(3,4)5)25-26(20)6/h7-13,16H,14-15H2,1-6H3,(H,24,29). The zero-order chi connectivity index (χ0) is 24.1. The third-order valence-electron chi connectivity index (χ3n) is 4.67. The van der Waals surface area contributed by atoms with E-state index in [-0.39, 0.29) is 35.4 Å². The molecule has 2 rings (SSSR count). The quantitative estimate of drug-likeness (QED) is 0.381. The Balaban J connectivity index is 2.08. The number of hydrogen-bond donors (Lipinski definition) is 1. The average Bonchev–Trinajstić information content (AvgIpc) is 3.06. The summed E-state index contributed by atoms with van der Waals surface area (Å²) < 4.78 is 1.61. The van der Waals surface area contributed by atoms with E-state index in [4.69, 9.17) is 0 Å². The third kappa shape index (κ3) is 7.04. The van der Waals surface area contributed by atoms with Crippen LogP contribution in [0.1, 0.15) is 45.9 Å². The van der Waals surface area contributed by atoms with Crippen molar-refractivity contribution in [2.45, 2.75) is 40.0 Å². The van der Waals surface area contributed by atoms with Crippen LogP contribution < -0.4 is 5.32 Å². The van der Waals surface area contributed by atoms with Gasteiger partial charge in [0.2, 0.25) is 11.8 Å². The van der Waals surface area contributed by atoms with Crippen LogP contribution in [0.15, 0.2) is 36.4 Å². The molecule has 0 radical (unpaired) electrons. The molecule has 32 heavy (non-hydrogen) atoms. The molecule has 2 amide bonds. The first-order valence-corrected chi connectivity index (χ1v) is 10.4. The maximum Gasteiger partial charge on any atom is 0.269 e. The molecule has 0 aliphatic heterocycles. The molecule has 0 aliphatic carbocycles. The minimum atomic E-state index is -0.478.